The van der Waals surface area contributed by atoms with Crippen molar-refractivity contribution < 1.29 is 9.47 Å². The first-order chi connectivity index (χ1) is 14.0. The van der Waals surface area contributed by atoms with E-state index in [9.17, 15) is 0 Å². The van der Waals surface area contributed by atoms with Gasteiger partial charge in [0, 0.05) is 36.1 Å². The van der Waals surface area contributed by atoms with Crippen molar-refractivity contribution in [3.63, 3.8) is 0 Å². The van der Waals surface area contributed by atoms with Crippen LogP contribution >= 0.6 is 15.9 Å². The van der Waals surface area contributed by atoms with Crippen molar-refractivity contribution in [1.82, 2.24) is 4.98 Å². The zero-order valence-electron chi connectivity index (χ0n) is 17.3. The van der Waals surface area contributed by atoms with Crippen molar-refractivity contribution in [2.24, 2.45) is 9.98 Å². The van der Waals surface area contributed by atoms with Gasteiger partial charge in [-0.2, -0.15) is 0 Å². The number of benzodiazepines with no additional fused rings is 1. The minimum absolute atomic E-state index is 0.110. The van der Waals surface area contributed by atoms with Crippen molar-refractivity contribution in [3.8, 4) is 0 Å². The molecule has 2 aromatic rings. The van der Waals surface area contributed by atoms with E-state index in [1.165, 1.54) is 0 Å². The predicted molar refractivity (Wildman–Crippen MR) is 121 cm³/mol. The fourth-order valence-electron chi connectivity index (χ4n) is 3.10. The third-order valence-electron chi connectivity index (χ3n) is 4.97. The highest BCUT2D eigenvalue weighted by Gasteiger charge is 2.27. The van der Waals surface area contributed by atoms with Crippen LogP contribution in [0.4, 0.5) is 5.69 Å². The second-order valence-corrected chi connectivity index (χ2v) is 7.97. The summed E-state index contributed by atoms with van der Waals surface area (Å²) in [6, 6.07) is 11.9. The van der Waals surface area contributed by atoms with E-state index in [1.54, 1.807) is 20.4 Å². The van der Waals surface area contributed by atoms with Gasteiger partial charge in [-0.3, -0.25) is 15.0 Å². The van der Waals surface area contributed by atoms with E-state index in [0.29, 0.717) is 6.54 Å². The maximum absolute atomic E-state index is 5.47. The first-order valence-corrected chi connectivity index (χ1v) is 10.5. The normalized spacial score (nSPS) is 18.0. The van der Waals surface area contributed by atoms with Crippen LogP contribution in [0.15, 0.2) is 57.1 Å². The van der Waals surface area contributed by atoms with Crippen molar-refractivity contribution >= 4 is 33.2 Å². The summed E-state index contributed by atoms with van der Waals surface area (Å²) in [7, 11) is 3.25. The Hall–Kier alpha value is -2.09. The minimum Gasteiger partial charge on any atom is -0.352 e. The molecule has 1 aliphatic heterocycles. The molecule has 1 N–H and O–H groups in total. The molecular weight excluding hydrogens is 432 g/mol. The molecule has 0 bridgehead atoms. The van der Waals surface area contributed by atoms with Crippen molar-refractivity contribution in [3.05, 3.63) is 58.3 Å². The van der Waals surface area contributed by atoms with Crippen LogP contribution in [0.2, 0.25) is 0 Å². The van der Waals surface area contributed by atoms with Gasteiger partial charge in [0.15, 0.2) is 5.79 Å². The van der Waals surface area contributed by atoms with Gasteiger partial charge in [0.2, 0.25) is 0 Å². The van der Waals surface area contributed by atoms with Crippen LogP contribution < -0.4 is 5.32 Å². The first-order valence-electron chi connectivity index (χ1n) is 9.70. The molecule has 0 aliphatic carbocycles. The number of fused-ring (bicyclic) bond motifs is 1. The summed E-state index contributed by atoms with van der Waals surface area (Å²) in [5.74, 6) is 0.0232. The number of nitrogens with zero attached hydrogens (tertiary/aromatic N) is 3. The number of rotatable bonds is 7. The van der Waals surface area contributed by atoms with Crippen LogP contribution in [0.3, 0.4) is 0 Å². The third kappa shape index (κ3) is 5.10. The molecular formula is C22H27BrN4O2. The standard InChI is InChI=1S/C22H27BrN4O2/c1-5-8-19-21(25-14-22(2,28-3)29-4)27-17-11-10-15(23)13-16(17)20(26-19)18-9-6-7-12-24-18/h6-7,9-13,19H,5,8,14H2,1-4H3,(H,25,27). The van der Waals surface area contributed by atoms with Crippen LogP contribution in [-0.2, 0) is 9.47 Å². The monoisotopic (exact) mass is 458 g/mol. The Morgan fingerprint density at radius 2 is 2.00 bits per heavy atom. The summed E-state index contributed by atoms with van der Waals surface area (Å²) in [6.07, 6.45) is 3.64. The van der Waals surface area contributed by atoms with Gasteiger partial charge in [-0.25, -0.2) is 0 Å². The van der Waals surface area contributed by atoms with Crippen molar-refractivity contribution in [1.29, 1.82) is 0 Å². The maximum atomic E-state index is 5.47. The van der Waals surface area contributed by atoms with Crippen molar-refractivity contribution in [2.45, 2.75) is 38.5 Å². The molecule has 0 fully saturated rings. The highest BCUT2D eigenvalue weighted by atomic mass is 79.9. The molecule has 3 rings (SSSR count). The molecule has 7 heteroatoms. The van der Waals surface area contributed by atoms with E-state index in [2.05, 4.69) is 39.2 Å². The maximum Gasteiger partial charge on any atom is 0.184 e. The molecule has 6 nitrogen and oxygen atoms in total. The molecule has 1 unspecified atom stereocenters. The topological polar surface area (TPSA) is 68.1 Å². The molecule has 1 atom stereocenters. The smallest absolute Gasteiger partial charge is 0.184 e. The molecule has 0 radical (unpaired) electrons. The zero-order chi connectivity index (χ0) is 20.9. The average Bonchev–Trinajstić information content (AvgIpc) is 2.90. The number of amidine groups is 1. The highest BCUT2D eigenvalue weighted by molar-refractivity contribution is 9.10. The lowest BCUT2D eigenvalue weighted by Gasteiger charge is -2.25. The van der Waals surface area contributed by atoms with Gasteiger partial charge in [0.25, 0.3) is 0 Å². The SMILES string of the molecule is CCCC1N=C(c2ccccn2)c2cc(Br)ccc2NC1=NCC(C)(OC)OC. The molecule has 0 saturated heterocycles. The second kappa shape index (κ2) is 9.61. The first kappa shape index (κ1) is 21.6. The van der Waals surface area contributed by atoms with E-state index < -0.39 is 5.79 Å². The Bertz CT molecular complexity index is 895. The number of benzene rings is 1. The Morgan fingerprint density at radius 3 is 2.66 bits per heavy atom. The molecule has 1 aromatic heterocycles. The van der Waals surface area contributed by atoms with E-state index in [1.807, 2.05) is 37.3 Å². The number of ether oxygens (including phenoxy) is 2. The van der Waals surface area contributed by atoms with Gasteiger partial charge in [-0.1, -0.05) is 35.3 Å². The third-order valence-corrected chi connectivity index (χ3v) is 5.46. The van der Waals surface area contributed by atoms with Gasteiger partial charge in [-0.05, 0) is 43.7 Å². The Kier molecular flexibility index (Phi) is 7.16. The van der Waals surface area contributed by atoms with Crippen LogP contribution in [0.25, 0.3) is 0 Å². The molecule has 154 valence electrons. The van der Waals surface area contributed by atoms with E-state index in [0.717, 1.165) is 45.8 Å². The highest BCUT2D eigenvalue weighted by Crippen LogP contribution is 2.28. The van der Waals surface area contributed by atoms with Gasteiger partial charge >= 0.3 is 0 Å². The van der Waals surface area contributed by atoms with Crippen LogP contribution in [0, 0.1) is 0 Å². The molecule has 0 saturated carbocycles. The average molecular weight is 459 g/mol. The number of pyridine rings is 1. The number of hydrogen-bond donors (Lipinski definition) is 1. The zero-order valence-corrected chi connectivity index (χ0v) is 18.9. The fourth-order valence-corrected chi connectivity index (χ4v) is 3.46. The van der Waals surface area contributed by atoms with E-state index >= 15 is 0 Å². The van der Waals surface area contributed by atoms with Crippen LogP contribution in [-0.4, -0.2) is 49.1 Å². The summed E-state index contributed by atoms with van der Waals surface area (Å²) in [5, 5.41) is 3.52. The number of anilines is 1. The van der Waals surface area contributed by atoms with Crippen LogP contribution in [0.1, 0.15) is 37.9 Å². The number of aliphatic imine (C=N–C) groups is 2. The summed E-state index contributed by atoms with van der Waals surface area (Å²) in [5.41, 5.74) is 3.64. The Morgan fingerprint density at radius 1 is 1.21 bits per heavy atom. The summed E-state index contributed by atoms with van der Waals surface area (Å²) >= 11 is 3.59. The lowest BCUT2D eigenvalue weighted by atomic mass is 10.0. The Balaban J connectivity index is 2.11. The molecule has 29 heavy (non-hydrogen) atoms. The van der Waals surface area contributed by atoms with Gasteiger partial charge in [0.1, 0.15) is 11.9 Å². The summed E-state index contributed by atoms with van der Waals surface area (Å²) in [4.78, 5) is 14.5. The van der Waals surface area contributed by atoms with E-state index in [-0.39, 0.29) is 6.04 Å². The van der Waals surface area contributed by atoms with Gasteiger partial charge in [-0.15, -0.1) is 0 Å². The number of aromatic nitrogens is 1. The Labute approximate surface area is 180 Å². The van der Waals surface area contributed by atoms with Gasteiger partial charge in [0.05, 0.1) is 18.0 Å². The number of halogens is 1. The minimum atomic E-state index is -0.784. The number of nitrogens with one attached hydrogen (secondary N) is 1. The molecule has 2 heterocycles. The lowest BCUT2D eigenvalue weighted by molar-refractivity contribution is -0.184. The quantitative estimate of drug-likeness (QED) is 0.611. The van der Waals surface area contributed by atoms with Gasteiger partial charge < -0.3 is 14.8 Å². The summed E-state index contributed by atoms with van der Waals surface area (Å²) < 4.78 is 11.9. The van der Waals surface area contributed by atoms with Crippen LogP contribution in [0.5, 0.6) is 0 Å². The predicted octanol–water partition coefficient (Wildman–Crippen LogP) is 4.68. The number of hydrogen-bond acceptors (Lipinski definition) is 5. The van der Waals surface area contributed by atoms with Crippen molar-refractivity contribution in [2.75, 3.05) is 26.1 Å². The molecule has 0 spiro atoms. The molecule has 1 aromatic carbocycles. The largest absolute Gasteiger partial charge is 0.352 e. The second-order valence-electron chi connectivity index (χ2n) is 7.06. The number of methoxy groups -OCH3 is 2. The fraction of sp³-hybridized carbons (Fsp3) is 0.409. The summed E-state index contributed by atoms with van der Waals surface area (Å²) in [6.45, 7) is 4.38. The lowest BCUT2D eigenvalue weighted by Crippen LogP contribution is -2.35. The van der Waals surface area contributed by atoms with E-state index in [4.69, 9.17) is 19.5 Å². The molecule has 0 amide bonds. The molecule has 1 aliphatic rings.